The van der Waals surface area contributed by atoms with Crippen molar-refractivity contribution in [3.05, 3.63) is 18.3 Å². The Balaban J connectivity index is 2.22. The third-order valence-corrected chi connectivity index (χ3v) is 2.25. The maximum atomic E-state index is 9.69. The van der Waals surface area contributed by atoms with Crippen molar-refractivity contribution in [2.75, 3.05) is 32.2 Å². The van der Waals surface area contributed by atoms with Crippen LogP contribution in [0.5, 0.6) is 5.88 Å². The van der Waals surface area contributed by atoms with Gasteiger partial charge in [-0.25, -0.2) is 4.98 Å². The summed E-state index contributed by atoms with van der Waals surface area (Å²) >= 11 is 0. The van der Waals surface area contributed by atoms with Crippen LogP contribution in [-0.2, 0) is 4.74 Å². The highest BCUT2D eigenvalue weighted by Gasteiger charge is 2.05. The maximum Gasteiger partial charge on any atom is 0.213 e. The fourth-order valence-electron chi connectivity index (χ4n) is 1.34. The molecule has 0 aliphatic rings. The number of methoxy groups -OCH3 is 1. The van der Waals surface area contributed by atoms with Gasteiger partial charge in [-0.15, -0.1) is 0 Å². The molecule has 102 valence electrons. The molecule has 0 saturated carbocycles. The van der Waals surface area contributed by atoms with Crippen LogP contribution in [0.25, 0.3) is 0 Å². The molecule has 1 rings (SSSR count). The third-order valence-electron chi connectivity index (χ3n) is 2.25. The minimum Gasteiger partial charge on any atom is -0.481 e. The number of nitrogens with zero attached hydrogens (tertiary/aromatic N) is 1. The van der Waals surface area contributed by atoms with Gasteiger partial charge in [0.05, 0.1) is 31.7 Å². The molecule has 0 aliphatic heterocycles. The van der Waals surface area contributed by atoms with Crippen molar-refractivity contribution < 1.29 is 14.6 Å². The van der Waals surface area contributed by atoms with E-state index in [0.717, 1.165) is 5.69 Å². The van der Waals surface area contributed by atoms with E-state index in [-0.39, 0.29) is 0 Å². The molecule has 0 saturated heterocycles. The Hall–Kier alpha value is -1.33. The minimum absolute atomic E-state index is 0.342. The first-order chi connectivity index (χ1) is 8.61. The van der Waals surface area contributed by atoms with Crippen LogP contribution in [0.2, 0.25) is 0 Å². The lowest BCUT2D eigenvalue weighted by Crippen LogP contribution is -2.25. The summed E-state index contributed by atoms with van der Waals surface area (Å²) in [6.07, 6.45) is 1.14. The molecule has 5 nitrogen and oxygen atoms in total. The molecule has 0 bridgehead atoms. The van der Waals surface area contributed by atoms with Gasteiger partial charge in [0.15, 0.2) is 0 Å². The Bertz CT molecular complexity index is 328. The number of aliphatic hydroxyl groups excluding tert-OH is 1. The van der Waals surface area contributed by atoms with E-state index < -0.39 is 6.10 Å². The number of hydrogen-bond acceptors (Lipinski definition) is 5. The Morgan fingerprint density at radius 3 is 2.67 bits per heavy atom. The largest absolute Gasteiger partial charge is 0.481 e. The van der Waals surface area contributed by atoms with E-state index >= 15 is 0 Å². The summed E-state index contributed by atoms with van der Waals surface area (Å²) in [5.41, 5.74) is 0.846. The number of aliphatic hydroxyl groups is 1. The second-order valence-electron chi connectivity index (χ2n) is 4.56. The second-order valence-corrected chi connectivity index (χ2v) is 4.56. The molecule has 1 aromatic rings. The monoisotopic (exact) mass is 254 g/mol. The van der Waals surface area contributed by atoms with Gasteiger partial charge in [-0.3, -0.25) is 0 Å². The molecule has 0 radical (unpaired) electrons. The summed E-state index contributed by atoms with van der Waals surface area (Å²) in [6, 6.07) is 3.62. The lowest BCUT2D eigenvalue weighted by atomic mass is 10.2. The van der Waals surface area contributed by atoms with Crippen molar-refractivity contribution >= 4 is 5.69 Å². The Morgan fingerprint density at radius 1 is 1.33 bits per heavy atom. The number of nitrogens with one attached hydrogen (secondary N) is 1. The van der Waals surface area contributed by atoms with Gasteiger partial charge >= 0.3 is 0 Å². The van der Waals surface area contributed by atoms with Crippen molar-refractivity contribution in [2.45, 2.75) is 20.0 Å². The number of hydrogen-bond donors (Lipinski definition) is 2. The smallest absolute Gasteiger partial charge is 0.213 e. The predicted octanol–water partition coefficient (Wildman–Crippen LogP) is 1.54. The van der Waals surface area contributed by atoms with Crippen molar-refractivity contribution in [3.8, 4) is 5.88 Å². The zero-order valence-corrected chi connectivity index (χ0v) is 11.2. The first-order valence-electron chi connectivity index (χ1n) is 6.11. The molecule has 1 atom stereocenters. The van der Waals surface area contributed by atoms with Crippen LogP contribution >= 0.6 is 0 Å². The van der Waals surface area contributed by atoms with Gasteiger partial charge in [-0.05, 0) is 12.0 Å². The Kier molecular flexibility index (Phi) is 6.46. The minimum atomic E-state index is -0.522. The van der Waals surface area contributed by atoms with Crippen LogP contribution in [0.15, 0.2) is 18.3 Å². The molecule has 1 aromatic heterocycles. The molecule has 0 aromatic carbocycles. The van der Waals surface area contributed by atoms with E-state index in [1.165, 1.54) is 0 Å². The number of rotatable bonds is 8. The standard InChI is InChI=1S/C13H22N2O3/c1-10(2)8-18-9-12(16)7-14-11-4-5-13(17-3)15-6-11/h4-6,10,12,14,16H,7-9H2,1-3H3. The Labute approximate surface area is 108 Å². The number of aromatic nitrogens is 1. The molecule has 1 heterocycles. The molecular weight excluding hydrogens is 232 g/mol. The third kappa shape index (κ3) is 5.84. The number of ether oxygens (including phenoxy) is 2. The molecule has 0 fully saturated rings. The fourth-order valence-corrected chi connectivity index (χ4v) is 1.34. The zero-order chi connectivity index (χ0) is 13.4. The topological polar surface area (TPSA) is 63.6 Å². The van der Waals surface area contributed by atoms with Gasteiger partial charge in [-0.1, -0.05) is 13.8 Å². The van der Waals surface area contributed by atoms with Crippen LogP contribution in [-0.4, -0.2) is 43.1 Å². The summed E-state index contributed by atoms with van der Waals surface area (Å²) in [6.45, 7) is 5.60. The second kappa shape index (κ2) is 7.89. The van der Waals surface area contributed by atoms with Gasteiger partial charge in [0.25, 0.3) is 0 Å². The fraction of sp³-hybridized carbons (Fsp3) is 0.615. The average molecular weight is 254 g/mol. The normalized spacial score (nSPS) is 12.5. The van der Waals surface area contributed by atoms with Gasteiger partial charge in [-0.2, -0.15) is 0 Å². The quantitative estimate of drug-likeness (QED) is 0.736. The van der Waals surface area contributed by atoms with Crippen LogP contribution < -0.4 is 10.1 Å². The summed E-state index contributed by atoms with van der Waals surface area (Å²) in [7, 11) is 1.57. The molecule has 1 unspecified atom stereocenters. The van der Waals surface area contributed by atoms with Gasteiger partial charge in [0.2, 0.25) is 5.88 Å². The van der Waals surface area contributed by atoms with Crippen LogP contribution in [0.4, 0.5) is 5.69 Å². The first-order valence-corrected chi connectivity index (χ1v) is 6.11. The molecular formula is C13H22N2O3. The first kappa shape index (κ1) is 14.7. The van der Waals surface area contributed by atoms with Gasteiger partial charge < -0.3 is 19.9 Å². The maximum absolute atomic E-state index is 9.69. The van der Waals surface area contributed by atoms with E-state index in [1.807, 2.05) is 6.07 Å². The molecule has 5 heteroatoms. The summed E-state index contributed by atoms with van der Waals surface area (Å²) in [5.74, 6) is 1.05. The number of anilines is 1. The summed E-state index contributed by atoms with van der Waals surface area (Å²) in [5, 5.41) is 12.8. The Morgan fingerprint density at radius 2 is 2.11 bits per heavy atom. The lowest BCUT2D eigenvalue weighted by molar-refractivity contribution is 0.0318. The van der Waals surface area contributed by atoms with Crippen LogP contribution in [0.3, 0.4) is 0 Å². The van der Waals surface area contributed by atoms with Crippen molar-refractivity contribution in [2.24, 2.45) is 5.92 Å². The molecule has 0 amide bonds. The number of pyridine rings is 1. The van der Waals surface area contributed by atoms with E-state index in [2.05, 4.69) is 24.1 Å². The molecule has 18 heavy (non-hydrogen) atoms. The average Bonchev–Trinajstić information content (AvgIpc) is 2.36. The highest BCUT2D eigenvalue weighted by molar-refractivity contribution is 5.42. The molecule has 0 spiro atoms. The highest BCUT2D eigenvalue weighted by Crippen LogP contribution is 2.10. The summed E-state index contributed by atoms with van der Waals surface area (Å²) < 4.78 is 10.3. The van der Waals surface area contributed by atoms with E-state index in [4.69, 9.17) is 9.47 Å². The van der Waals surface area contributed by atoms with Crippen LogP contribution in [0.1, 0.15) is 13.8 Å². The predicted molar refractivity (Wildman–Crippen MR) is 70.9 cm³/mol. The van der Waals surface area contributed by atoms with Crippen LogP contribution in [0, 0.1) is 5.92 Å². The zero-order valence-electron chi connectivity index (χ0n) is 11.2. The van der Waals surface area contributed by atoms with E-state index in [0.29, 0.717) is 31.6 Å². The van der Waals surface area contributed by atoms with Gasteiger partial charge in [0.1, 0.15) is 0 Å². The molecule has 0 aliphatic carbocycles. The van der Waals surface area contributed by atoms with Crippen molar-refractivity contribution in [3.63, 3.8) is 0 Å². The van der Waals surface area contributed by atoms with Gasteiger partial charge in [0, 0.05) is 19.2 Å². The highest BCUT2D eigenvalue weighted by atomic mass is 16.5. The SMILES string of the molecule is COc1ccc(NCC(O)COCC(C)C)cn1. The van der Waals surface area contributed by atoms with E-state index in [1.54, 1.807) is 19.4 Å². The van der Waals surface area contributed by atoms with Crippen molar-refractivity contribution in [1.29, 1.82) is 0 Å². The molecule has 2 N–H and O–H groups in total. The summed E-state index contributed by atoms with van der Waals surface area (Å²) in [4.78, 5) is 4.06. The lowest BCUT2D eigenvalue weighted by Gasteiger charge is -2.14. The van der Waals surface area contributed by atoms with E-state index in [9.17, 15) is 5.11 Å². The van der Waals surface area contributed by atoms with Crippen molar-refractivity contribution in [1.82, 2.24) is 4.98 Å².